The second-order valence-corrected chi connectivity index (χ2v) is 6.81. The minimum atomic E-state index is -0.313. The molecule has 100 valence electrons. The third kappa shape index (κ3) is 2.95. The average molecular weight is 342 g/mol. The van der Waals surface area contributed by atoms with E-state index in [9.17, 15) is 4.79 Å². The fourth-order valence-corrected chi connectivity index (χ4v) is 2.84. The van der Waals surface area contributed by atoms with Gasteiger partial charge in [-0.15, -0.1) is 0 Å². The first kappa shape index (κ1) is 12.6. The van der Waals surface area contributed by atoms with Crippen LogP contribution in [0.4, 0.5) is 15.7 Å². The number of anilines is 2. The first-order valence-electron chi connectivity index (χ1n) is 5.85. The van der Waals surface area contributed by atoms with Crippen molar-refractivity contribution < 1.29 is 4.79 Å². The summed E-state index contributed by atoms with van der Waals surface area (Å²) in [5.41, 5.74) is 1.05. The predicted octanol–water partition coefficient (Wildman–Crippen LogP) is 3.16. The molecule has 0 unspecified atom stereocenters. The predicted molar refractivity (Wildman–Crippen MR) is 77.6 cm³/mol. The Morgan fingerprint density at radius 1 is 1.53 bits per heavy atom. The van der Waals surface area contributed by atoms with Crippen LogP contribution < -0.4 is 10.6 Å². The van der Waals surface area contributed by atoms with Gasteiger partial charge in [-0.1, -0.05) is 11.3 Å². The zero-order valence-corrected chi connectivity index (χ0v) is 12.6. The van der Waals surface area contributed by atoms with E-state index in [1.165, 1.54) is 24.2 Å². The number of aromatic nitrogens is 3. The normalized spacial score (nSPS) is 14.4. The number of hydrogen-bond acceptors (Lipinski definition) is 4. The van der Waals surface area contributed by atoms with Gasteiger partial charge < -0.3 is 0 Å². The van der Waals surface area contributed by atoms with Crippen LogP contribution in [0.5, 0.6) is 0 Å². The maximum Gasteiger partial charge on any atom is 0.326 e. The first-order chi connectivity index (χ1) is 9.11. The molecular formula is C11H12BrN5OS. The summed E-state index contributed by atoms with van der Waals surface area (Å²) in [6.45, 7) is 0. The van der Waals surface area contributed by atoms with Crippen molar-refractivity contribution in [2.45, 2.75) is 18.8 Å². The Morgan fingerprint density at radius 2 is 2.32 bits per heavy atom. The summed E-state index contributed by atoms with van der Waals surface area (Å²) in [5.74, 6) is 1.26. The molecule has 1 aliphatic rings. The van der Waals surface area contributed by atoms with Crippen molar-refractivity contribution in [2.75, 3.05) is 10.6 Å². The van der Waals surface area contributed by atoms with Gasteiger partial charge in [0.05, 0.1) is 15.7 Å². The fourth-order valence-electron chi connectivity index (χ4n) is 1.74. The number of aryl methyl sites for hydroxylation is 1. The van der Waals surface area contributed by atoms with E-state index in [4.69, 9.17) is 0 Å². The van der Waals surface area contributed by atoms with Gasteiger partial charge in [-0.05, 0) is 28.8 Å². The Kier molecular flexibility index (Phi) is 3.28. The molecular weight excluding hydrogens is 330 g/mol. The van der Waals surface area contributed by atoms with Crippen LogP contribution in [-0.2, 0) is 7.05 Å². The Balaban J connectivity index is 1.65. The highest BCUT2D eigenvalue weighted by molar-refractivity contribution is 9.11. The van der Waals surface area contributed by atoms with Crippen LogP contribution in [0.3, 0.4) is 0 Å². The van der Waals surface area contributed by atoms with Gasteiger partial charge in [-0.25, -0.2) is 9.78 Å². The van der Waals surface area contributed by atoms with Crippen LogP contribution in [0.15, 0.2) is 16.0 Å². The van der Waals surface area contributed by atoms with Gasteiger partial charge in [0.1, 0.15) is 5.82 Å². The van der Waals surface area contributed by atoms with Crippen molar-refractivity contribution in [3.8, 4) is 0 Å². The summed E-state index contributed by atoms with van der Waals surface area (Å²) in [4.78, 5) is 15.9. The molecule has 0 aliphatic heterocycles. The minimum Gasteiger partial charge on any atom is -0.292 e. The number of nitrogens with one attached hydrogen (secondary N) is 2. The number of carbonyl (C=O) groups excluding carboxylic acids is 1. The van der Waals surface area contributed by atoms with Gasteiger partial charge in [0.15, 0.2) is 5.13 Å². The van der Waals surface area contributed by atoms with Crippen molar-refractivity contribution in [3.05, 3.63) is 21.7 Å². The smallest absolute Gasteiger partial charge is 0.292 e. The standard InChI is InChI=1S/C11H12BrN5OS/c1-17-9(4-7(16-17)6-2-3-6)14-10(18)15-11-13-5-8(12)19-11/h4-6H,2-3H2,1H3,(H2,13,14,15,18). The third-order valence-corrected chi connectivity index (χ3v) is 4.23. The number of halogens is 1. The monoisotopic (exact) mass is 341 g/mol. The van der Waals surface area contributed by atoms with Gasteiger partial charge in [-0.3, -0.25) is 15.3 Å². The molecule has 3 rings (SSSR count). The van der Waals surface area contributed by atoms with Gasteiger partial charge in [-0.2, -0.15) is 5.10 Å². The van der Waals surface area contributed by atoms with Crippen molar-refractivity contribution >= 4 is 44.2 Å². The van der Waals surface area contributed by atoms with E-state index < -0.39 is 0 Å². The molecule has 0 spiro atoms. The Morgan fingerprint density at radius 3 is 2.95 bits per heavy atom. The van der Waals surface area contributed by atoms with Gasteiger partial charge in [0.25, 0.3) is 0 Å². The zero-order chi connectivity index (χ0) is 13.4. The van der Waals surface area contributed by atoms with Gasteiger partial charge in [0, 0.05) is 19.0 Å². The highest BCUT2D eigenvalue weighted by atomic mass is 79.9. The Labute approximate surface area is 122 Å². The summed E-state index contributed by atoms with van der Waals surface area (Å²) < 4.78 is 2.56. The van der Waals surface area contributed by atoms with E-state index in [-0.39, 0.29) is 6.03 Å². The summed E-state index contributed by atoms with van der Waals surface area (Å²) in [5, 5.41) is 10.4. The van der Waals surface area contributed by atoms with Crippen molar-refractivity contribution in [3.63, 3.8) is 0 Å². The molecule has 1 aliphatic carbocycles. The maximum absolute atomic E-state index is 11.8. The molecule has 0 atom stereocenters. The van der Waals surface area contributed by atoms with E-state index in [0.717, 1.165) is 9.48 Å². The second kappa shape index (κ2) is 4.93. The quantitative estimate of drug-likeness (QED) is 0.900. The molecule has 2 aromatic rings. The SMILES string of the molecule is Cn1nc(C2CC2)cc1NC(=O)Nc1ncc(Br)s1. The molecule has 1 fully saturated rings. The molecule has 2 aromatic heterocycles. The maximum atomic E-state index is 11.8. The lowest BCUT2D eigenvalue weighted by molar-refractivity contribution is 0.262. The molecule has 2 N–H and O–H groups in total. The first-order valence-corrected chi connectivity index (χ1v) is 7.46. The van der Waals surface area contributed by atoms with Crippen molar-refractivity contribution in [1.29, 1.82) is 0 Å². The topological polar surface area (TPSA) is 71.8 Å². The summed E-state index contributed by atoms with van der Waals surface area (Å²) >= 11 is 4.66. The molecule has 0 aromatic carbocycles. The molecule has 19 heavy (non-hydrogen) atoms. The summed E-state index contributed by atoms with van der Waals surface area (Å²) in [7, 11) is 1.82. The molecule has 0 bridgehead atoms. The van der Waals surface area contributed by atoms with E-state index in [1.807, 2.05) is 13.1 Å². The minimum absolute atomic E-state index is 0.313. The van der Waals surface area contributed by atoms with E-state index in [1.54, 1.807) is 10.9 Å². The van der Waals surface area contributed by atoms with E-state index in [2.05, 4.69) is 36.6 Å². The van der Waals surface area contributed by atoms with Gasteiger partial charge >= 0.3 is 6.03 Å². The van der Waals surface area contributed by atoms with E-state index >= 15 is 0 Å². The Bertz CT molecular complexity index is 618. The number of amides is 2. The third-order valence-electron chi connectivity index (χ3n) is 2.83. The number of rotatable bonds is 3. The fraction of sp³-hybridized carbons (Fsp3) is 0.364. The number of urea groups is 1. The lowest BCUT2D eigenvalue weighted by Crippen LogP contribution is -2.20. The average Bonchev–Trinajstić information content (AvgIpc) is 3.03. The van der Waals surface area contributed by atoms with Crippen LogP contribution in [0, 0.1) is 0 Å². The molecule has 6 nitrogen and oxygen atoms in total. The molecule has 1 saturated carbocycles. The lowest BCUT2D eigenvalue weighted by Gasteiger charge is -2.04. The molecule has 2 heterocycles. The van der Waals surface area contributed by atoms with Crippen molar-refractivity contribution in [1.82, 2.24) is 14.8 Å². The summed E-state index contributed by atoms with van der Waals surface area (Å²) in [6, 6.07) is 1.61. The molecule has 0 radical (unpaired) electrons. The number of carbonyl (C=O) groups is 1. The van der Waals surface area contributed by atoms with E-state index in [0.29, 0.717) is 16.9 Å². The highest BCUT2D eigenvalue weighted by Gasteiger charge is 2.27. The van der Waals surface area contributed by atoms with Gasteiger partial charge in [0.2, 0.25) is 0 Å². The van der Waals surface area contributed by atoms with Crippen LogP contribution in [0.2, 0.25) is 0 Å². The second-order valence-electron chi connectivity index (χ2n) is 4.40. The molecule has 0 saturated heterocycles. The van der Waals surface area contributed by atoms with Crippen molar-refractivity contribution in [2.24, 2.45) is 7.05 Å². The zero-order valence-electron chi connectivity index (χ0n) is 10.2. The highest BCUT2D eigenvalue weighted by Crippen LogP contribution is 2.39. The van der Waals surface area contributed by atoms with Crippen LogP contribution >= 0.6 is 27.3 Å². The lowest BCUT2D eigenvalue weighted by atomic mass is 10.3. The van der Waals surface area contributed by atoms with Crippen LogP contribution in [0.1, 0.15) is 24.5 Å². The Hall–Kier alpha value is -1.41. The largest absolute Gasteiger partial charge is 0.326 e. The summed E-state index contributed by atoms with van der Waals surface area (Å²) in [6.07, 6.45) is 4.03. The number of nitrogens with zero attached hydrogens (tertiary/aromatic N) is 3. The number of thiazole rings is 1. The van der Waals surface area contributed by atoms with Crippen LogP contribution in [0.25, 0.3) is 0 Å². The van der Waals surface area contributed by atoms with Crippen LogP contribution in [-0.4, -0.2) is 20.8 Å². The molecule has 8 heteroatoms. The number of hydrogen-bond donors (Lipinski definition) is 2. The molecule has 2 amide bonds.